The van der Waals surface area contributed by atoms with Gasteiger partial charge >= 0.3 is 0 Å². The van der Waals surface area contributed by atoms with Crippen molar-refractivity contribution in [3.05, 3.63) is 76.6 Å². The molecule has 0 aliphatic rings. The maximum atomic E-state index is 13.1. The lowest BCUT2D eigenvalue weighted by molar-refractivity contribution is 0.102. The largest absolute Gasteiger partial charge is 0.339 e. The van der Waals surface area contributed by atoms with Crippen LogP contribution in [0.5, 0.6) is 0 Å². The van der Waals surface area contributed by atoms with Gasteiger partial charge in [-0.2, -0.15) is 0 Å². The minimum absolute atomic E-state index is 0.176. The minimum atomic E-state index is -0.369. The van der Waals surface area contributed by atoms with Crippen molar-refractivity contribution in [3.8, 4) is 0 Å². The van der Waals surface area contributed by atoms with E-state index in [1.54, 1.807) is 30.3 Å². The molecule has 0 bridgehead atoms. The normalized spacial score (nSPS) is 10.2. The summed E-state index contributed by atoms with van der Waals surface area (Å²) in [5.74, 6) is -0.304. The van der Waals surface area contributed by atoms with E-state index in [0.717, 1.165) is 4.47 Å². The molecule has 3 aromatic rings. The number of rotatable bonds is 4. The van der Waals surface area contributed by atoms with Crippen LogP contribution >= 0.6 is 15.9 Å². The van der Waals surface area contributed by atoms with Crippen LogP contribution in [0.15, 0.2) is 65.1 Å². The molecule has 0 saturated heterocycles. The summed E-state index contributed by atoms with van der Waals surface area (Å²) in [6.07, 6.45) is 0. The number of hydrogen-bond donors (Lipinski definition) is 2. The first-order valence-corrected chi connectivity index (χ1v) is 7.83. The summed E-state index contributed by atoms with van der Waals surface area (Å²) in [6, 6.07) is 16.4. The predicted molar refractivity (Wildman–Crippen MR) is 93.8 cm³/mol. The van der Waals surface area contributed by atoms with Crippen LogP contribution in [0.1, 0.15) is 10.5 Å². The van der Waals surface area contributed by atoms with Crippen molar-refractivity contribution in [1.82, 2.24) is 10.2 Å². The second-order valence-electron chi connectivity index (χ2n) is 4.87. The van der Waals surface area contributed by atoms with Crippen LogP contribution in [0.2, 0.25) is 0 Å². The van der Waals surface area contributed by atoms with Crippen LogP contribution in [-0.2, 0) is 0 Å². The third kappa shape index (κ3) is 3.94. The molecule has 0 aliphatic carbocycles. The fourth-order valence-corrected chi connectivity index (χ4v) is 2.37. The van der Waals surface area contributed by atoms with Crippen LogP contribution in [-0.4, -0.2) is 16.1 Å². The molecule has 0 unspecified atom stereocenters. The Balaban J connectivity index is 1.70. The first-order chi connectivity index (χ1) is 11.6. The number of carbonyl (C=O) groups is 1. The fraction of sp³-hybridized carbons (Fsp3) is 0. The zero-order valence-corrected chi connectivity index (χ0v) is 13.9. The Morgan fingerprint density at radius 3 is 2.54 bits per heavy atom. The van der Waals surface area contributed by atoms with Gasteiger partial charge in [-0.15, -0.1) is 10.2 Å². The first kappa shape index (κ1) is 16.1. The molecule has 3 rings (SSSR count). The molecule has 0 fully saturated rings. The first-order valence-electron chi connectivity index (χ1n) is 7.04. The summed E-state index contributed by atoms with van der Waals surface area (Å²) in [7, 11) is 0. The molecule has 5 nitrogen and oxygen atoms in total. The number of para-hydroxylation sites is 1. The number of carbonyl (C=O) groups excluding carboxylic acids is 1. The Bertz CT molecular complexity index is 870. The molecule has 120 valence electrons. The molecule has 1 aromatic heterocycles. The van der Waals surface area contributed by atoms with E-state index >= 15 is 0 Å². The highest BCUT2D eigenvalue weighted by Crippen LogP contribution is 2.22. The Kier molecular flexibility index (Phi) is 4.81. The monoisotopic (exact) mass is 386 g/mol. The van der Waals surface area contributed by atoms with Gasteiger partial charge in [-0.1, -0.05) is 18.2 Å². The second kappa shape index (κ2) is 7.18. The molecule has 0 aliphatic heterocycles. The number of halogens is 2. The zero-order chi connectivity index (χ0) is 16.9. The quantitative estimate of drug-likeness (QED) is 0.698. The number of aromatic nitrogens is 2. The number of amides is 1. The van der Waals surface area contributed by atoms with Gasteiger partial charge in [0, 0.05) is 10.2 Å². The third-order valence-corrected chi connectivity index (χ3v) is 3.81. The van der Waals surface area contributed by atoms with E-state index in [1.165, 1.54) is 12.1 Å². The lowest BCUT2D eigenvalue weighted by atomic mass is 10.3. The molecule has 0 atom stereocenters. The van der Waals surface area contributed by atoms with Gasteiger partial charge in [0.05, 0.1) is 5.69 Å². The van der Waals surface area contributed by atoms with E-state index in [4.69, 9.17) is 0 Å². The van der Waals surface area contributed by atoms with E-state index in [0.29, 0.717) is 17.2 Å². The highest BCUT2D eigenvalue weighted by Gasteiger charge is 2.10. The lowest BCUT2D eigenvalue weighted by Gasteiger charge is -2.07. The van der Waals surface area contributed by atoms with E-state index < -0.39 is 0 Å². The molecule has 2 aromatic carbocycles. The van der Waals surface area contributed by atoms with Gasteiger partial charge in [0.25, 0.3) is 5.91 Å². The van der Waals surface area contributed by atoms with Crippen LogP contribution < -0.4 is 10.6 Å². The molecule has 7 heteroatoms. The Morgan fingerprint density at radius 2 is 1.83 bits per heavy atom. The zero-order valence-electron chi connectivity index (χ0n) is 12.3. The van der Waals surface area contributed by atoms with Crippen molar-refractivity contribution in [2.24, 2.45) is 0 Å². The summed E-state index contributed by atoms with van der Waals surface area (Å²) in [5, 5.41) is 13.5. The van der Waals surface area contributed by atoms with Crippen molar-refractivity contribution >= 4 is 39.0 Å². The summed E-state index contributed by atoms with van der Waals surface area (Å²) >= 11 is 3.36. The van der Waals surface area contributed by atoms with Crippen molar-refractivity contribution in [2.75, 3.05) is 10.6 Å². The van der Waals surface area contributed by atoms with Crippen LogP contribution in [0.25, 0.3) is 0 Å². The van der Waals surface area contributed by atoms with E-state index in [9.17, 15) is 9.18 Å². The van der Waals surface area contributed by atoms with E-state index in [1.807, 2.05) is 18.2 Å². The number of anilines is 3. The van der Waals surface area contributed by atoms with E-state index in [-0.39, 0.29) is 17.4 Å². The molecule has 0 spiro atoms. The average molecular weight is 387 g/mol. The van der Waals surface area contributed by atoms with Crippen molar-refractivity contribution in [3.63, 3.8) is 0 Å². The lowest BCUT2D eigenvalue weighted by Crippen LogP contribution is -2.14. The summed E-state index contributed by atoms with van der Waals surface area (Å²) in [5.41, 5.74) is 1.37. The summed E-state index contributed by atoms with van der Waals surface area (Å²) in [6.45, 7) is 0. The number of hydrogen-bond acceptors (Lipinski definition) is 4. The van der Waals surface area contributed by atoms with Gasteiger partial charge in [0.2, 0.25) is 0 Å². The molecule has 24 heavy (non-hydrogen) atoms. The Morgan fingerprint density at radius 1 is 1.00 bits per heavy atom. The van der Waals surface area contributed by atoms with Crippen LogP contribution in [0, 0.1) is 5.82 Å². The highest BCUT2D eigenvalue weighted by molar-refractivity contribution is 9.10. The molecule has 1 heterocycles. The molecular weight excluding hydrogens is 375 g/mol. The summed E-state index contributed by atoms with van der Waals surface area (Å²) < 4.78 is 13.9. The predicted octanol–water partition coefficient (Wildman–Crippen LogP) is 4.37. The SMILES string of the molecule is O=C(Nc1ccccc1Br)c1ccc(Nc2cccc(F)c2)nn1. The molecule has 1 amide bonds. The molecule has 2 N–H and O–H groups in total. The maximum Gasteiger partial charge on any atom is 0.276 e. The standard InChI is InChI=1S/C17H12BrFN4O/c18-13-6-1-2-7-14(13)21-17(24)15-8-9-16(23-22-15)20-12-5-3-4-11(19)10-12/h1-10H,(H,20,23)(H,21,24). The number of nitrogens with one attached hydrogen (secondary N) is 2. The second-order valence-corrected chi connectivity index (χ2v) is 5.73. The van der Waals surface area contributed by atoms with Gasteiger partial charge in [-0.05, 0) is 58.4 Å². The molecule has 0 saturated carbocycles. The van der Waals surface area contributed by atoms with Crippen molar-refractivity contribution in [2.45, 2.75) is 0 Å². The number of nitrogens with zero attached hydrogens (tertiary/aromatic N) is 2. The van der Waals surface area contributed by atoms with Crippen molar-refractivity contribution < 1.29 is 9.18 Å². The number of benzene rings is 2. The van der Waals surface area contributed by atoms with Crippen molar-refractivity contribution in [1.29, 1.82) is 0 Å². The Hall–Kier alpha value is -2.80. The molecule has 0 radical (unpaired) electrons. The van der Waals surface area contributed by atoms with Gasteiger partial charge in [0.1, 0.15) is 5.82 Å². The van der Waals surface area contributed by atoms with Crippen LogP contribution in [0.3, 0.4) is 0 Å². The van der Waals surface area contributed by atoms with Gasteiger partial charge in [0.15, 0.2) is 11.5 Å². The fourth-order valence-electron chi connectivity index (χ4n) is 1.98. The minimum Gasteiger partial charge on any atom is -0.339 e. The highest BCUT2D eigenvalue weighted by atomic mass is 79.9. The average Bonchev–Trinajstić information content (AvgIpc) is 2.57. The van der Waals surface area contributed by atoms with Gasteiger partial charge in [-0.25, -0.2) is 4.39 Å². The topological polar surface area (TPSA) is 66.9 Å². The molecular formula is C17H12BrFN4O. The maximum absolute atomic E-state index is 13.1. The van der Waals surface area contributed by atoms with Gasteiger partial charge < -0.3 is 10.6 Å². The Labute approximate surface area is 146 Å². The van der Waals surface area contributed by atoms with Gasteiger partial charge in [-0.3, -0.25) is 4.79 Å². The van der Waals surface area contributed by atoms with E-state index in [2.05, 4.69) is 36.8 Å². The van der Waals surface area contributed by atoms with Crippen LogP contribution in [0.4, 0.5) is 21.6 Å². The third-order valence-electron chi connectivity index (χ3n) is 3.12. The summed E-state index contributed by atoms with van der Waals surface area (Å²) in [4.78, 5) is 12.2. The smallest absolute Gasteiger partial charge is 0.276 e.